The molecule has 7 nitrogen and oxygen atoms in total. The lowest BCUT2D eigenvalue weighted by molar-refractivity contribution is -0.133. The first-order valence-electron chi connectivity index (χ1n) is 10.5. The largest absolute Gasteiger partial charge is 0.494 e. The molecule has 1 aliphatic rings. The lowest BCUT2D eigenvalue weighted by atomic mass is 10.0. The average molecular weight is 451 g/mol. The number of piperidine rings is 1. The molecule has 170 valence electrons. The van der Waals surface area contributed by atoms with Gasteiger partial charge in [0.15, 0.2) is 11.6 Å². The van der Waals surface area contributed by atoms with Crippen LogP contribution in [0.5, 0.6) is 5.75 Å². The molecule has 1 amide bonds. The molecule has 9 heteroatoms. The maximum absolute atomic E-state index is 14.4. The molecule has 0 aliphatic carbocycles. The summed E-state index contributed by atoms with van der Waals surface area (Å²) in [6.07, 6.45) is 3.37. The van der Waals surface area contributed by atoms with E-state index in [0.29, 0.717) is 35.5 Å². The number of nitrogens with zero attached hydrogens (tertiary/aromatic N) is 4. The minimum Gasteiger partial charge on any atom is -0.494 e. The fraction of sp³-hybridized carbons (Fsp3) is 0.292. The Balaban J connectivity index is 1.73. The van der Waals surface area contributed by atoms with E-state index < -0.39 is 11.6 Å². The smallest absolute Gasteiger partial charge is 0.244 e. The Hall–Kier alpha value is -3.77. The molecule has 1 saturated heterocycles. The van der Waals surface area contributed by atoms with Gasteiger partial charge in [-0.2, -0.15) is 5.10 Å². The Morgan fingerprint density at radius 2 is 2.00 bits per heavy atom. The molecule has 0 spiro atoms. The van der Waals surface area contributed by atoms with Crippen molar-refractivity contribution >= 4 is 11.6 Å². The third kappa shape index (κ3) is 4.71. The zero-order valence-electron chi connectivity index (χ0n) is 18.1. The standard InChI is InChI=1S/C24H23F2N5O2/c1-28-21-7-5-16(11-19(21)25)24-18(15-6-8-22(33-2)20(26)10-15)13-31(29-24)14-23(32)30-9-3-4-17(27)12-30/h5-8,10-11,13,17H,3-4,9,12,14,27H2,2H3/t17-/m0/s1. The van der Waals surface area contributed by atoms with Gasteiger partial charge in [-0.1, -0.05) is 18.2 Å². The van der Waals surface area contributed by atoms with E-state index in [1.54, 1.807) is 23.2 Å². The van der Waals surface area contributed by atoms with Gasteiger partial charge in [-0.15, -0.1) is 0 Å². The highest BCUT2D eigenvalue weighted by atomic mass is 19.1. The van der Waals surface area contributed by atoms with Gasteiger partial charge in [0.25, 0.3) is 0 Å². The van der Waals surface area contributed by atoms with Gasteiger partial charge in [0.2, 0.25) is 11.6 Å². The molecule has 1 fully saturated rings. The van der Waals surface area contributed by atoms with Crippen LogP contribution in [0.4, 0.5) is 14.5 Å². The van der Waals surface area contributed by atoms with Crippen molar-refractivity contribution in [3.63, 3.8) is 0 Å². The SMILES string of the molecule is [C-]#[N+]c1ccc(-c2nn(CC(=O)N3CCC[C@H](N)C3)cc2-c2ccc(OC)c(F)c2)cc1F. The Morgan fingerprint density at radius 3 is 2.67 bits per heavy atom. The first-order valence-corrected chi connectivity index (χ1v) is 10.5. The monoisotopic (exact) mass is 451 g/mol. The lowest BCUT2D eigenvalue weighted by Gasteiger charge is -2.30. The lowest BCUT2D eigenvalue weighted by Crippen LogP contribution is -2.46. The van der Waals surface area contributed by atoms with Crippen LogP contribution < -0.4 is 10.5 Å². The third-order valence-corrected chi connectivity index (χ3v) is 5.67. The number of amides is 1. The van der Waals surface area contributed by atoms with Crippen LogP contribution >= 0.6 is 0 Å². The topological polar surface area (TPSA) is 77.7 Å². The van der Waals surface area contributed by atoms with Crippen molar-refractivity contribution in [2.75, 3.05) is 20.2 Å². The van der Waals surface area contributed by atoms with Crippen molar-refractivity contribution in [3.8, 4) is 28.1 Å². The highest BCUT2D eigenvalue weighted by molar-refractivity contribution is 5.82. The van der Waals surface area contributed by atoms with Gasteiger partial charge in [-0.3, -0.25) is 9.48 Å². The molecule has 33 heavy (non-hydrogen) atoms. The summed E-state index contributed by atoms with van der Waals surface area (Å²) < 4.78 is 35.2. The van der Waals surface area contributed by atoms with Crippen molar-refractivity contribution in [1.82, 2.24) is 14.7 Å². The number of halogens is 2. The summed E-state index contributed by atoms with van der Waals surface area (Å²) in [5.74, 6) is -1.26. The Morgan fingerprint density at radius 1 is 1.24 bits per heavy atom. The number of benzene rings is 2. The highest BCUT2D eigenvalue weighted by Gasteiger charge is 2.23. The Kier molecular flexibility index (Phi) is 6.38. The Labute approximate surface area is 190 Å². The van der Waals surface area contributed by atoms with Gasteiger partial charge in [-0.25, -0.2) is 13.6 Å². The van der Waals surface area contributed by atoms with Gasteiger partial charge in [0.1, 0.15) is 18.1 Å². The summed E-state index contributed by atoms with van der Waals surface area (Å²) >= 11 is 0. The second-order valence-electron chi connectivity index (χ2n) is 7.96. The number of nitrogens with two attached hydrogens (primary N) is 1. The number of carbonyl (C=O) groups excluding carboxylic acids is 1. The van der Waals surface area contributed by atoms with Crippen LogP contribution in [-0.4, -0.2) is 46.8 Å². The second-order valence-corrected chi connectivity index (χ2v) is 7.96. The molecule has 0 unspecified atom stereocenters. The summed E-state index contributed by atoms with van der Waals surface area (Å²) in [5.41, 5.74) is 7.70. The molecule has 1 aromatic heterocycles. The first-order chi connectivity index (χ1) is 15.9. The summed E-state index contributed by atoms with van der Waals surface area (Å²) in [6, 6.07) is 8.59. The van der Waals surface area contributed by atoms with Gasteiger partial charge in [0, 0.05) is 36.5 Å². The predicted molar refractivity (Wildman–Crippen MR) is 120 cm³/mol. The molecule has 0 bridgehead atoms. The maximum Gasteiger partial charge on any atom is 0.244 e. The van der Waals surface area contributed by atoms with Gasteiger partial charge >= 0.3 is 0 Å². The molecule has 2 aromatic carbocycles. The van der Waals surface area contributed by atoms with Crippen LogP contribution in [0.3, 0.4) is 0 Å². The fourth-order valence-corrected chi connectivity index (χ4v) is 3.98. The van der Waals surface area contributed by atoms with Crippen LogP contribution in [0.2, 0.25) is 0 Å². The van der Waals surface area contributed by atoms with Crippen molar-refractivity contribution in [1.29, 1.82) is 0 Å². The number of hydrogen-bond acceptors (Lipinski definition) is 4. The molecule has 0 radical (unpaired) electrons. The number of carbonyl (C=O) groups is 1. The van der Waals surface area contributed by atoms with E-state index in [9.17, 15) is 13.6 Å². The van der Waals surface area contributed by atoms with Crippen LogP contribution in [0, 0.1) is 18.2 Å². The molecule has 2 heterocycles. The zero-order chi connectivity index (χ0) is 23.5. The van der Waals surface area contributed by atoms with E-state index in [-0.39, 0.29) is 29.9 Å². The van der Waals surface area contributed by atoms with E-state index in [1.807, 2.05) is 0 Å². The average Bonchev–Trinajstić information content (AvgIpc) is 3.22. The van der Waals surface area contributed by atoms with Crippen LogP contribution in [0.25, 0.3) is 27.2 Å². The zero-order valence-corrected chi connectivity index (χ0v) is 18.1. The van der Waals surface area contributed by atoms with Crippen molar-refractivity contribution in [2.24, 2.45) is 5.73 Å². The van der Waals surface area contributed by atoms with E-state index in [1.165, 1.54) is 36.1 Å². The van der Waals surface area contributed by atoms with Crippen molar-refractivity contribution in [2.45, 2.75) is 25.4 Å². The second kappa shape index (κ2) is 9.38. The van der Waals surface area contributed by atoms with E-state index in [0.717, 1.165) is 12.8 Å². The summed E-state index contributed by atoms with van der Waals surface area (Å²) in [7, 11) is 1.38. The number of aromatic nitrogens is 2. The maximum atomic E-state index is 14.4. The van der Waals surface area contributed by atoms with Crippen molar-refractivity contribution in [3.05, 3.63) is 65.6 Å². The van der Waals surface area contributed by atoms with Crippen LogP contribution in [0.1, 0.15) is 12.8 Å². The van der Waals surface area contributed by atoms with Crippen LogP contribution in [0.15, 0.2) is 42.6 Å². The summed E-state index contributed by atoms with van der Waals surface area (Å²) in [4.78, 5) is 17.7. The number of likely N-dealkylation sites (tertiary alicyclic amines) is 1. The summed E-state index contributed by atoms with van der Waals surface area (Å²) in [6.45, 7) is 8.16. The van der Waals surface area contributed by atoms with E-state index in [4.69, 9.17) is 17.0 Å². The number of hydrogen-bond donors (Lipinski definition) is 1. The Bertz CT molecular complexity index is 1230. The van der Waals surface area contributed by atoms with Gasteiger partial charge in [0.05, 0.1) is 13.7 Å². The molecule has 0 saturated carbocycles. The molecular formula is C24H23F2N5O2. The normalized spacial score (nSPS) is 15.8. The third-order valence-electron chi connectivity index (χ3n) is 5.67. The minimum absolute atomic E-state index is 0.0268. The number of ether oxygens (including phenoxy) is 1. The minimum atomic E-state index is -0.678. The number of methoxy groups -OCH3 is 1. The van der Waals surface area contributed by atoms with Gasteiger partial charge in [-0.05, 0) is 36.6 Å². The number of rotatable bonds is 5. The van der Waals surface area contributed by atoms with Crippen LogP contribution in [-0.2, 0) is 11.3 Å². The highest BCUT2D eigenvalue weighted by Crippen LogP contribution is 2.35. The fourth-order valence-electron chi connectivity index (χ4n) is 3.98. The molecule has 4 rings (SSSR count). The molecule has 1 aliphatic heterocycles. The van der Waals surface area contributed by atoms with Crippen molar-refractivity contribution < 1.29 is 18.3 Å². The first kappa shape index (κ1) is 22.4. The molecular weight excluding hydrogens is 428 g/mol. The van der Waals surface area contributed by atoms with E-state index in [2.05, 4.69) is 9.94 Å². The molecule has 2 N–H and O–H groups in total. The van der Waals surface area contributed by atoms with Gasteiger partial charge < -0.3 is 15.4 Å². The quantitative estimate of drug-likeness (QED) is 0.595. The molecule has 3 aromatic rings. The van der Waals surface area contributed by atoms with E-state index >= 15 is 0 Å². The summed E-state index contributed by atoms with van der Waals surface area (Å²) in [5, 5.41) is 4.52. The molecule has 1 atom stereocenters. The predicted octanol–water partition coefficient (Wildman–Crippen LogP) is 4.00.